The number of benzene rings is 1. The Kier molecular flexibility index (Phi) is 4.65. The number of hydrogen-bond donors (Lipinski definition) is 2. The van der Waals surface area contributed by atoms with Crippen LogP contribution in [0.4, 0.5) is 14.3 Å². The van der Waals surface area contributed by atoms with Crippen molar-refractivity contribution in [2.45, 2.75) is 25.0 Å². The van der Waals surface area contributed by atoms with Gasteiger partial charge in [0.1, 0.15) is 5.82 Å². The van der Waals surface area contributed by atoms with Gasteiger partial charge in [0.15, 0.2) is 5.13 Å². The van der Waals surface area contributed by atoms with Crippen LogP contribution in [0.1, 0.15) is 24.4 Å². The van der Waals surface area contributed by atoms with E-state index >= 15 is 0 Å². The molecular weight excluding hydrogens is 305 g/mol. The number of hydrogen-bond acceptors (Lipinski definition) is 4. The van der Waals surface area contributed by atoms with Gasteiger partial charge in [-0.05, 0) is 30.5 Å². The van der Waals surface area contributed by atoms with Gasteiger partial charge in [-0.3, -0.25) is 5.32 Å². The Morgan fingerprint density at radius 3 is 2.86 bits per heavy atom. The Bertz CT molecular complexity index is 612. The summed E-state index contributed by atoms with van der Waals surface area (Å²) in [6.45, 7) is 0.679. The number of amides is 2. The molecule has 0 saturated carbocycles. The highest BCUT2D eigenvalue weighted by atomic mass is 32.1. The molecule has 1 saturated heterocycles. The first-order valence-electron chi connectivity index (χ1n) is 7.06. The molecule has 2 atom stereocenters. The summed E-state index contributed by atoms with van der Waals surface area (Å²) < 4.78 is 18.8. The molecule has 0 unspecified atom stereocenters. The topological polar surface area (TPSA) is 63.2 Å². The van der Waals surface area contributed by atoms with Crippen LogP contribution in [0, 0.1) is 5.82 Å². The van der Waals surface area contributed by atoms with Gasteiger partial charge in [-0.1, -0.05) is 12.1 Å². The van der Waals surface area contributed by atoms with Crippen molar-refractivity contribution in [2.24, 2.45) is 0 Å². The van der Waals surface area contributed by atoms with E-state index in [1.165, 1.54) is 23.5 Å². The molecule has 1 aromatic heterocycles. The van der Waals surface area contributed by atoms with E-state index in [2.05, 4.69) is 15.6 Å². The van der Waals surface area contributed by atoms with Gasteiger partial charge < -0.3 is 10.1 Å². The highest BCUT2D eigenvalue weighted by Crippen LogP contribution is 2.27. The molecule has 0 spiro atoms. The first-order valence-corrected chi connectivity index (χ1v) is 7.94. The summed E-state index contributed by atoms with van der Waals surface area (Å²) in [7, 11) is 0. The highest BCUT2D eigenvalue weighted by Gasteiger charge is 2.29. The van der Waals surface area contributed by atoms with Crippen LogP contribution in [0.15, 0.2) is 35.8 Å². The summed E-state index contributed by atoms with van der Waals surface area (Å²) in [4.78, 5) is 16.1. The molecule has 2 N–H and O–H groups in total. The smallest absolute Gasteiger partial charge is 0.321 e. The predicted molar refractivity (Wildman–Crippen MR) is 82.4 cm³/mol. The van der Waals surface area contributed by atoms with Crippen LogP contribution in [-0.2, 0) is 4.74 Å². The van der Waals surface area contributed by atoms with Crippen LogP contribution in [0.2, 0.25) is 0 Å². The van der Waals surface area contributed by atoms with Crippen molar-refractivity contribution in [1.82, 2.24) is 10.3 Å². The zero-order valence-electron chi connectivity index (χ0n) is 11.8. The number of ether oxygens (including phenoxy) is 1. The van der Waals surface area contributed by atoms with Gasteiger partial charge in [-0.2, -0.15) is 0 Å². The van der Waals surface area contributed by atoms with Gasteiger partial charge in [0.05, 0.1) is 12.1 Å². The standard InChI is InChI=1S/C15H16FN3O2S/c16-11-5-3-10(4-6-11)13(12-2-1-8-21-12)18-14(20)19-15-17-7-9-22-15/h3-7,9,12-13H,1-2,8H2,(H2,17,18,19,20)/t12-,13+/m1/s1. The SMILES string of the molecule is O=C(Nc1nccs1)N[C@@H](c1ccc(F)cc1)[C@H]1CCCO1. The van der Waals surface area contributed by atoms with E-state index in [4.69, 9.17) is 4.74 Å². The molecule has 1 aliphatic heterocycles. The first kappa shape index (κ1) is 14.9. The average molecular weight is 321 g/mol. The van der Waals surface area contributed by atoms with E-state index in [-0.39, 0.29) is 24.0 Å². The number of carbonyl (C=O) groups is 1. The second-order valence-corrected chi connectivity index (χ2v) is 5.91. The number of carbonyl (C=O) groups excluding carboxylic acids is 1. The molecule has 3 rings (SSSR count). The number of halogens is 1. The van der Waals surface area contributed by atoms with E-state index in [1.54, 1.807) is 23.7 Å². The van der Waals surface area contributed by atoms with Crippen molar-refractivity contribution in [3.63, 3.8) is 0 Å². The molecule has 0 radical (unpaired) electrons. The number of urea groups is 1. The van der Waals surface area contributed by atoms with Crippen molar-refractivity contribution in [2.75, 3.05) is 11.9 Å². The molecule has 2 heterocycles. The van der Waals surface area contributed by atoms with Gasteiger partial charge in [0.25, 0.3) is 0 Å². The van der Waals surface area contributed by atoms with Crippen LogP contribution in [0.5, 0.6) is 0 Å². The van der Waals surface area contributed by atoms with Crippen molar-refractivity contribution < 1.29 is 13.9 Å². The molecule has 5 nitrogen and oxygen atoms in total. The number of nitrogens with zero attached hydrogens (tertiary/aromatic N) is 1. The van der Waals surface area contributed by atoms with Crippen molar-refractivity contribution in [3.8, 4) is 0 Å². The molecule has 1 aliphatic rings. The van der Waals surface area contributed by atoms with Crippen LogP contribution in [-0.4, -0.2) is 23.7 Å². The molecule has 2 amide bonds. The second-order valence-electron chi connectivity index (χ2n) is 5.02. The average Bonchev–Trinajstić information content (AvgIpc) is 3.19. The molecule has 2 aromatic rings. The van der Waals surface area contributed by atoms with Gasteiger partial charge in [0, 0.05) is 18.2 Å². The van der Waals surface area contributed by atoms with Gasteiger partial charge in [-0.15, -0.1) is 11.3 Å². The summed E-state index contributed by atoms with van der Waals surface area (Å²) in [5.74, 6) is -0.304. The van der Waals surface area contributed by atoms with Crippen molar-refractivity contribution in [1.29, 1.82) is 0 Å². The Balaban J connectivity index is 1.73. The summed E-state index contributed by atoms with van der Waals surface area (Å²) in [6, 6.07) is 5.45. The molecule has 0 aliphatic carbocycles. The maximum absolute atomic E-state index is 13.1. The summed E-state index contributed by atoms with van der Waals surface area (Å²) in [6.07, 6.45) is 3.34. The predicted octanol–water partition coefficient (Wildman–Crippen LogP) is 3.32. The Labute approximate surface area is 131 Å². The summed E-state index contributed by atoms with van der Waals surface area (Å²) >= 11 is 1.34. The van der Waals surface area contributed by atoms with Gasteiger partial charge in [-0.25, -0.2) is 14.2 Å². The van der Waals surface area contributed by atoms with E-state index in [0.717, 1.165) is 18.4 Å². The van der Waals surface area contributed by atoms with Crippen LogP contribution >= 0.6 is 11.3 Å². The number of rotatable bonds is 4. The minimum absolute atomic E-state index is 0.104. The molecular formula is C15H16FN3O2S. The lowest BCUT2D eigenvalue weighted by Gasteiger charge is -2.24. The van der Waals surface area contributed by atoms with Crippen LogP contribution < -0.4 is 10.6 Å². The van der Waals surface area contributed by atoms with E-state index in [9.17, 15) is 9.18 Å². The molecule has 1 fully saturated rings. The zero-order valence-corrected chi connectivity index (χ0v) is 12.6. The fourth-order valence-electron chi connectivity index (χ4n) is 2.49. The quantitative estimate of drug-likeness (QED) is 0.908. The maximum atomic E-state index is 13.1. The lowest BCUT2D eigenvalue weighted by molar-refractivity contribution is 0.0815. The lowest BCUT2D eigenvalue weighted by atomic mass is 9.99. The summed E-state index contributed by atoms with van der Waals surface area (Å²) in [5, 5.41) is 7.90. The number of nitrogens with one attached hydrogen (secondary N) is 2. The maximum Gasteiger partial charge on any atom is 0.321 e. The van der Waals surface area contributed by atoms with Gasteiger partial charge >= 0.3 is 6.03 Å². The van der Waals surface area contributed by atoms with E-state index in [0.29, 0.717) is 11.7 Å². The molecule has 0 bridgehead atoms. The third-order valence-electron chi connectivity index (χ3n) is 3.51. The zero-order chi connectivity index (χ0) is 15.4. The molecule has 7 heteroatoms. The third-order valence-corrected chi connectivity index (χ3v) is 4.19. The number of aromatic nitrogens is 1. The highest BCUT2D eigenvalue weighted by molar-refractivity contribution is 7.13. The van der Waals surface area contributed by atoms with Crippen molar-refractivity contribution >= 4 is 22.5 Å². The Morgan fingerprint density at radius 1 is 1.41 bits per heavy atom. The second kappa shape index (κ2) is 6.85. The third kappa shape index (κ3) is 3.61. The van der Waals surface area contributed by atoms with Crippen LogP contribution in [0.25, 0.3) is 0 Å². The molecule has 22 heavy (non-hydrogen) atoms. The van der Waals surface area contributed by atoms with E-state index in [1.807, 2.05) is 0 Å². The fourth-order valence-corrected chi connectivity index (χ4v) is 3.01. The first-order chi connectivity index (χ1) is 10.7. The largest absolute Gasteiger partial charge is 0.376 e. The minimum atomic E-state index is -0.347. The van der Waals surface area contributed by atoms with Crippen LogP contribution in [0.3, 0.4) is 0 Å². The molecule has 116 valence electrons. The number of anilines is 1. The number of thiazole rings is 1. The lowest BCUT2D eigenvalue weighted by Crippen LogP contribution is -2.38. The summed E-state index contributed by atoms with van der Waals surface area (Å²) in [5.41, 5.74) is 0.822. The monoisotopic (exact) mass is 321 g/mol. The minimum Gasteiger partial charge on any atom is -0.376 e. The molecule has 1 aromatic carbocycles. The van der Waals surface area contributed by atoms with Gasteiger partial charge in [0.2, 0.25) is 0 Å². The fraction of sp³-hybridized carbons (Fsp3) is 0.333. The normalized spacial score (nSPS) is 18.9. The Hall–Kier alpha value is -1.99. The Morgan fingerprint density at radius 2 is 2.23 bits per heavy atom. The van der Waals surface area contributed by atoms with E-state index < -0.39 is 0 Å². The van der Waals surface area contributed by atoms with Crippen molar-refractivity contribution in [3.05, 3.63) is 47.2 Å².